The highest BCUT2D eigenvalue weighted by molar-refractivity contribution is 8.00. The number of nitrogens with one attached hydrogen (secondary N) is 1. The molecule has 5 heteroatoms. The molecular weight excluding hydrogens is 289 g/mol. The summed E-state index contributed by atoms with van der Waals surface area (Å²) < 4.78 is 0. The van der Waals surface area contributed by atoms with Gasteiger partial charge in [-0.25, -0.2) is 0 Å². The summed E-state index contributed by atoms with van der Waals surface area (Å²) in [7, 11) is 0. The lowest BCUT2D eigenvalue weighted by molar-refractivity contribution is -0.113. The van der Waals surface area contributed by atoms with Crippen molar-refractivity contribution in [2.45, 2.75) is 30.9 Å². The number of carbonyl (C=O) groups is 1. The maximum absolute atomic E-state index is 11.8. The summed E-state index contributed by atoms with van der Waals surface area (Å²) in [6.07, 6.45) is 5.03. The number of hydrogen-bond donors (Lipinski definition) is 1. The van der Waals surface area contributed by atoms with Gasteiger partial charge in [-0.3, -0.25) is 4.79 Å². The monoisotopic (exact) mass is 303 g/mol. The van der Waals surface area contributed by atoms with Crippen molar-refractivity contribution in [2.24, 2.45) is 0 Å². The molecule has 0 bridgehead atoms. The van der Waals surface area contributed by atoms with Gasteiger partial charge in [-0.05, 0) is 25.0 Å². The van der Waals surface area contributed by atoms with Crippen LogP contribution < -0.4 is 5.32 Å². The van der Waals surface area contributed by atoms with E-state index in [1.165, 1.54) is 25.7 Å². The minimum absolute atomic E-state index is 0.0399. The fourth-order valence-corrected chi connectivity index (χ4v) is 3.66. The van der Waals surface area contributed by atoms with Crippen LogP contribution >= 0.6 is 35.0 Å². The molecule has 2 nitrogen and oxygen atoms in total. The van der Waals surface area contributed by atoms with Crippen LogP contribution in [0.4, 0.5) is 5.69 Å². The Morgan fingerprint density at radius 3 is 2.50 bits per heavy atom. The highest BCUT2D eigenvalue weighted by Crippen LogP contribution is 2.31. The summed E-state index contributed by atoms with van der Waals surface area (Å²) in [5, 5.41) is 4.36. The molecule has 1 fully saturated rings. The number of para-hydroxylation sites is 1. The Hall–Kier alpha value is -0.380. The van der Waals surface area contributed by atoms with E-state index in [0.717, 1.165) is 0 Å². The summed E-state index contributed by atoms with van der Waals surface area (Å²) in [5.41, 5.74) is 0.512. The molecule has 0 aliphatic heterocycles. The third-order valence-corrected chi connectivity index (χ3v) is 4.98. The lowest BCUT2D eigenvalue weighted by atomic mass is 10.3. The maximum Gasteiger partial charge on any atom is 0.234 e. The van der Waals surface area contributed by atoms with Crippen LogP contribution in [-0.2, 0) is 4.79 Å². The molecule has 1 aliphatic rings. The predicted octanol–water partition coefficient (Wildman–Crippen LogP) is 4.61. The molecule has 1 aromatic rings. The van der Waals surface area contributed by atoms with Gasteiger partial charge < -0.3 is 5.32 Å². The van der Waals surface area contributed by atoms with Crippen LogP contribution in [0.1, 0.15) is 25.7 Å². The zero-order valence-corrected chi connectivity index (χ0v) is 12.2. The lowest BCUT2D eigenvalue weighted by Crippen LogP contribution is -2.16. The van der Waals surface area contributed by atoms with E-state index in [1.54, 1.807) is 30.0 Å². The second kappa shape index (κ2) is 6.69. The number of carbonyl (C=O) groups excluding carboxylic acids is 1. The smallest absolute Gasteiger partial charge is 0.234 e. The van der Waals surface area contributed by atoms with Gasteiger partial charge in [-0.1, -0.05) is 42.1 Å². The minimum Gasteiger partial charge on any atom is -0.323 e. The van der Waals surface area contributed by atoms with Crippen molar-refractivity contribution in [3.05, 3.63) is 28.2 Å². The average molecular weight is 304 g/mol. The third-order valence-electron chi connectivity index (χ3n) is 2.98. The molecule has 1 N–H and O–H groups in total. The van der Waals surface area contributed by atoms with Crippen molar-refractivity contribution in [3.63, 3.8) is 0 Å². The molecule has 98 valence electrons. The SMILES string of the molecule is O=C(CSC1CCCC1)Nc1c(Cl)cccc1Cl. The Morgan fingerprint density at radius 2 is 1.89 bits per heavy atom. The van der Waals surface area contributed by atoms with Crippen LogP contribution in [0.25, 0.3) is 0 Å². The van der Waals surface area contributed by atoms with E-state index in [2.05, 4.69) is 5.32 Å². The normalized spacial score (nSPS) is 15.9. The molecular formula is C13H15Cl2NOS. The van der Waals surface area contributed by atoms with Crippen molar-refractivity contribution < 1.29 is 4.79 Å². The van der Waals surface area contributed by atoms with Crippen molar-refractivity contribution in [3.8, 4) is 0 Å². The van der Waals surface area contributed by atoms with Crippen molar-refractivity contribution in [1.29, 1.82) is 0 Å². The van der Waals surface area contributed by atoms with Gasteiger partial charge in [0.05, 0.1) is 21.5 Å². The van der Waals surface area contributed by atoms with E-state index in [-0.39, 0.29) is 5.91 Å². The summed E-state index contributed by atoms with van der Waals surface area (Å²) in [5.74, 6) is 0.425. The molecule has 0 unspecified atom stereocenters. The van der Waals surface area contributed by atoms with Gasteiger partial charge in [-0.15, -0.1) is 11.8 Å². The van der Waals surface area contributed by atoms with E-state index in [4.69, 9.17) is 23.2 Å². The first-order chi connectivity index (χ1) is 8.66. The molecule has 0 atom stereocenters. The molecule has 1 aliphatic carbocycles. The standard InChI is InChI=1S/C13H15Cl2NOS/c14-10-6-3-7-11(15)13(10)16-12(17)8-18-9-4-1-2-5-9/h3,6-7,9H,1-2,4-5,8H2,(H,16,17). The van der Waals surface area contributed by atoms with Crippen LogP contribution in [0.5, 0.6) is 0 Å². The van der Waals surface area contributed by atoms with Gasteiger partial charge in [0.15, 0.2) is 0 Å². The van der Waals surface area contributed by atoms with Crippen LogP contribution in [0.2, 0.25) is 10.0 Å². The number of halogens is 2. The van der Waals surface area contributed by atoms with Gasteiger partial charge >= 0.3 is 0 Å². The highest BCUT2D eigenvalue weighted by Gasteiger charge is 2.17. The van der Waals surface area contributed by atoms with Crippen LogP contribution in [0, 0.1) is 0 Å². The van der Waals surface area contributed by atoms with Crippen LogP contribution in [0.3, 0.4) is 0 Å². The Morgan fingerprint density at radius 1 is 1.28 bits per heavy atom. The molecule has 2 rings (SSSR count). The summed E-state index contributed by atoms with van der Waals surface area (Å²) in [4.78, 5) is 11.8. The number of amides is 1. The molecule has 0 heterocycles. The number of thioether (sulfide) groups is 1. The van der Waals surface area contributed by atoms with Crippen LogP contribution in [0.15, 0.2) is 18.2 Å². The Labute approximate surface area is 121 Å². The number of benzene rings is 1. The zero-order valence-electron chi connectivity index (χ0n) is 9.92. The molecule has 0 saturated heterocycles. The van der Waals surface area contributed by atoms with E-state index in [1.807, 2.05) is 0 Å². The molecule has 1 saturated carbocycles. The summed E-state index contributed by atoms with van der Waals surface area (Å²) in [6.45, 7) is 0. The molecule has 0 aromatic heterocycles. The largest absolute Gasteiger partial charge is 0.323 e. The molecule has 1 aromatic carbocycles. The fraction of sp³-hybridized carbons (Fsp3) is 0.462. The zero-order chi connectivity index (χ0) is 13.0. The van der Waals surface area contributed by atoms with Gasteiger partial charge in [-0.2, -0.15) is 0 Å². The van der Waals surface area contributed by atoms with Crippen molar-refractivity contribution in [2.75, 3.05) is 11.1 Å². The van der Waals surface area contributed by atoms with Crippen molar-refractivity contribution in [1.82, 2.24) is 0 Å². The van der Waals surface area contributed by atoms with E-state index >= 15 is 0 Å². The van der Waals surface area contributed by atoms with Gasteiger partial charge in [0.1, 0.15) is 0 Å². The average Bonchev–Trinajstić information content (AvgIpc) is 2.84. The van der Waals surface area contributed by atoms with Gasteiger partial charge in [0.2, 0.25) is 5.91 Å². The lowest BCUT2D eigenvalue weighted by Gasteiger charge is -2.11. The summed E-state index contributed by atoms with van der Waals surface area (Å²) >= 11 is 13.7. The third kappa shape index (κ3) is 3.81. The predicted molar refractivity (Wildman–Crippen MR) is 79.8 cm³/mol. The van der Waals surface area contributed by atoms with Crippen LogP contribution in [-0.4, -0.2) is 16.9 Å². The molecule has 1 amide bonds. The highest BCUT2D eigenvalue weighted by atomic mass is 35.5. The minimum atomic E-state index is -0.0399. The number of anilines is 1. The quantitative estimate of drug-likeness (QED) is 0.880. The van der Waals surface area contributed by atoms with Crippen molar-refractivity contribution >= 4 is 46.6 Å². The molecule has 0 spiro atoms. The first kappa shape index (κ1) is 14.0. The van der Waals surface area contributed by atoms with E-state index in [9.17, 15) is 4.79 Å². The fourth-order valence-electron chi connectivity index (χ4n) is 2.04. The molecule has 18 heavy (non-hydrogen) atoms. The summed E-state index contributed by atoms with van der Waals surface area (Å²) in [6, 6.07) is 5.19. The molecule has 0 radical (unpaired) electrons. The maximum atomic E-state index is 11.8. The second-order valence-electron chi connectivity index (χ2n) is 4.36. The second-order valence-corrected chi connectivity index (χ2v) is 6.47. The number of hydrogen-bond acceptors (Lipinski definition) is 2. The topological polar surface area (TPSA) is 29.1 Å². The number of rotatable bonds is 4. The van der Waals surface area contributed by atoms with Gasteiger partial charge in [0.25, 0.3) is 0 Å². The first-order valence-electron chi connectivity index (χ1n) is 6.02. The van der Waals surface area contributed by atoms with Gasteiger partial charge in [0, 0.05) is 5.25 Å². The Bertz CT molecular complexity index is 413. The van der Waals surface area contributed by atoms with E-state index in [0.29, 0.717) is 26.7 Å². The Kier molecular flexibility index (Phi) is 5.22. The Balaban J connectivity index is 1.86. The van der Waals surface area contributed by atoms with E-state index < -0.39 is 0 Å². The first-order valence-corrected chi connectivity index (χ1v) is 7.83.